The third-order valence-corrected chi connectivity index (χ3v) is 11.2. The zero-order valence-corrected chi connectivity index (χ0v) is 36.2. The molecule has 0 aromatic heterocycles. The monoisotopic (exact) mass is 904 g/mol. The van der Waals surface area contributed by atoms with E-state index in [0.29, 0.717) is 61.4 Å². The zero-order valence-electron chi connectivity index (χ0n) is 34.5. The molecule has 2 aromatic carbocycles. The van der Waals surface area contributed by atoms with Crippen LogP contribution in [-0.2, 0) is 51.1 Å². The molecular formula is C41H56N6O13S2. The number of benzene rings is 2. The molecule has 1 saturated carbocycles. The van der Waals surface area contributed by atoms with Gasteiger partial charge in [-0.05, 0) is 73.3 Å². The summed E-state index contributed by atoms with van der Waals surface area (Å²) >= 11 is 6.54. The molecule has 1 aliphatic rings. The number of nitrogens with one attached hydrogen (secondary N) is 3. The van der Waals surface area contributed by atoms with Crippen LogP contribution >= 0.6 is 24.0 Å². The Bertz CT molecular complexity index is 1800. The largest absolute Gasteiger partial charge is 0.480 e. The van der Waals surface area contributed by atoms with Crippen molar-refractivity contribution in [3.63, 3.8) is 0 Å². The summed E-state index contributed by atoms with van der Waals surface area (Å²) in [5.41, 5.74) is 2.28. The summed E-state index contributed by atoms with van der Waals surface area (Å²) in [4.78, 5) is 88.4. The second kappa shape index (κ2) is 27.0. The van der Waals surface area contributed by atoms with Crippen molar-refractivity contribution in [3.05, 3.63) is 59.7 Å². The van der Waals surface area contributed by atoms with Crippen LogP contribution < -0.4 is 16.0 Å². The van der Waals surface area contributed by atoms with E-state index >= 15 is 0 Å². The van der Waals surface area contributed by atoms with Crippen LogP contribution in [0.4, 0.5) is 5.69 Å². The molecule has 1 fully saturated rings. The van der Waals surface area contributed by atoms with Gasteiger partial charge >= 0.3 is 29.8 Å². The van der Waals surface area contributed by atoms with Gasteiger partial charge in [-0.1, -0.05) is 48.9 Å². The molecule has 0 radical (unpaired) electrons. The number of aliphatic carboxylic acids is 5. The number of hydrogen-bond donors (Lipinski definition) is 8. The molecular weight excluding hydrogens is 849 g/mol. The fourth-order valence-corrected chi connectivity index (χ4v) is 8.21. The second-order valence-corrected chi connectivity index (χ2v) is 16.3. The summed E-state index contributed by atoms with van der Waals surface area (Å²) in [6.45, 7) is -2.28. The summed E-state index contributed by atoms with van der Waals surface area (Å²) in [6.07, 6.45) is 3.45. The molecule has 3 rings (SSSR count). The third-order valence-electron chi connectivity index (χ3n) is 10.0. The van der Waals surface area contributed by atoms with Gasteiger partial charge in [-0.25, -0.2) is 0 Å². The summed E-state index contributed by atoms with van der Waals surface area (Å²) in [7, 11) is 1.60. The Morgan fingerprint density at radius 1 is 0.726 bits per heavy atom. The maximum atomic E-state index is 12.4. The van der Waals surface area contributed by atoms with Gasteiger partial charge in [-0.3, -0.25) is 48.3 Å². The van der Waals surface area contributed by atoms with Crippen LogP contribution in [0.5, 0.6) is 0 Å². The van der Waals surface area contributed by atoms with E-state index in [1.54, 1.807) is 36.2 Å². The molecule has 0 unspecified atom stereocenters. The van der Waals surface area contributed by atoms with E-state index in [4.69, 9.17) is 17.0 Å². The molecule has 21 heteroatoms. The van der Waals surface area contributed by atoms with E-state index < -0.39 is 80.7 Å². The van der Waals surface area contributed by atoms with E-state index in [2.05, 4.69) is 16.0 Å². The van der Waals surface area contributed by atoms with Crippen molar-refractivity contribution in [2.75, 3.05) is 71.4 Å². The first-order chi connectivity index (χ1) is 29.5. The molecule has 0 bridgehead atoms. The molecule has 0 saturated heterocycles. The van der Waals surface area contributed by atoms with Crippen molar-refractivity contribution in [1.29, 1.82) is 0 Å². The number of nitrogens with zero attached hydrogens (tertiary/aromatic N) is 3. The fraction of sp³-hybridized carbons (Fsp3) is 0.512. The highest BCUT2D eigenvalue weighted by Crippen LogP contribution is 2.29. The number of anilines is 1. The minimum atomic E-state index is -1.29. The lowest BCUT2D eigenvalue weighted by molar-refractivity contribution is -0.146. The summed E-state index contributed by atoms with van der Waals surface area (Å²) < 4.78 is 5.60. The Balaban J connectivity index is 1.60. The van der Waals surface area contributed by atoms with Gasteiger partial charge < -0.3 is 46.2 Å². The van der Waals surface area contributed by atoms with Gasteiger partial charge in [0.2, 0.25) is 5.91 Å². The molecule has 62 heavy (non-hydrogen) atoms. The molecule has 0 heterocycles. The number of carboxylic acid groups (broad SMARTS) is 5. The Kier molecular flexibility index (Phi) is 22.3. The van der Waals surface area contributed by atoms with Gasteiger partial charge in [0.25, 0.3) is 0 Å². The molecule has 1 amide bonds. The van der Waals surface area contributed by atoms with E-state index in [1.807, 2.05) is 24.3 Å². The minimum Gasteiger partial charge on any atom is -0.480 e. The van der Waals surface area contributed by atoms with E-state index in [1.165, 1.54) is 9.80 Å². The second-order valence-electron chi connectivity index (χ2n) is 14.7. The SMILES string of the molecule is CNC(=O)CCc1ccc(SC(=O)CCOCCNC(=S)Nc2ccc(C[C@H](CN(CC(=O)O)[C@H]3CCCC[C@@H]3N(CC(=O)O)CC(=O)O)N(CC(=O)O)CC(=O)O)cc2)cc1. The normalized spacial score (nSPS) is 15.5. The Morgan fingerprint density at radius 3 is 1.81 bits per heavy atom. The summed E-state index contributed by atoms with van der Waals surface area (Å²) in [5, 5.41) is 57.5. The minimum absolute atomic E-state index is 0.0341. The summed E-state index contributed by atoms with van der Waals surface area (Å²) in [5.74, 6) is -6.33. The average Bonchev–Trinajstić information content (AvgIpc) is 3.20. The zero-order chi connectivity index (χ0) is 45.6. The number of aryl methyl sites for hydroxylation is 1. The first-order valence-electron chi connectivity index (χ1n) is 20.1. The van der Waals surface area contributed by atoms with Crippen molar-refractivity contribution in [2.45, 2.75) is 74.4 Å². The molecule has 0 spiro atoms. The van der Waals surface area contributed by atoms with Crippen LogP contribution in [0, 0.1) is 0 Å². The van der Waals surface area contributed by atoms with E-state index in [9.17, 15) is 59.1 Å². The molecule has 340 valence electrons. The number of carbonyl (C=O) groups excluding carboxylic acids is 2. The average molecular weight is 905 g/mol. The molecule has 2 aromatic rings. The first kappa shape index (κ1) is 51.2. The lowest BCUT2D eigenvalue weighted by Crippen LogP contribution is -2.59. The number of thiocarbonyl (C=S) groups is 1. The van der Waals surface area contributed by atoms with Crippen molar-refractivity contribution < 1.29 is 63.8 Å². The summed E-state index contributed by atoms with van der Waals surface area (Å²) in [6, 6.07) is 12.3. The lowest BCUT2D eigenvalue weighted by atomic mass is 9.87. The molecule has 19 nitrogen and oxygen atoms in total. The molecule has 3 atom stereocenters. The van der Waals surface area contributed by atoms with Gasteiger partial charge in [-0.2, -0.15) is 0 Å². The van der Waals surface area contributed by atoms with Crippen molar-refractivity contribution >= 4 is 75.6 Å². The molecule has 1 aliphatic carbocycles. The highest BCUT2D eigenvalue weighted by atomic mass is 32.2. The lowest BCUT2D eigenvalue weighted by Gasteiger charge is -2.45. The maximum Gasteiger partial charge on any atom is 0.317 e. The van der Waals surface area contributed by atoms with Crippen molar-refractivity contribution in [2.24, 2.45) is 0 Å². The number of ether oxygens (including phenoxy) is 1. The molecule has 0 aliphatic heterocycles. The van der Waals surface area contributed by atoms with Crippen LogP contribution in [0.25, 0.3) is 0 Å². The number of carboxylic acids is 5. The maximum absolute atomic E-state index is 12.4. The fourth-order valence-electron chi connectivity index (χ4n) is 7.27. The predicted molar refractivity (Wildman–Crippen MR) is 232 cm³/mol. The topological polar surface area (TPSA) is 276 Å². The van der Waals surface area contributed by atoms with Gasteiger partial charge in [-0.15, -0.1) is 0 Å². The van der Waals surface area contributed by atoms with Gasteiger partial charge in [0, 0.05) is 61.7 Å². The quantitative estimate of drug-likeness (QED) is 0.0344. The Hall–Kier alpha value is -5.19. The number of hydrogen-bond acceptors (Lipinski definition) is 13. The van der Waals surface area contributed by atoms with Crippen LogP contribution in [0.15, 0.2) is 53.4 Å². The Labute approximate surface area is 369 Å². The van der Waals surface area contributed by atoms with E-state index in [0.717, 1.165) is 22.2 Å². The number of amides is 1. The highest BCUT2D eigenvalue weighted by Gasteiger charge is 2.38. The predicted octanol–water partition coefficient (Wildman–Crippen LogP) is 1.93. The van der Waals surface area contributed by atoms with Crippen molar-refractivity contribution in [1.82, 2.24) is 25.3 Å². The standard InChI is InChI=1S/C41H56N6O13S2/c1-42-34(48)15-10-27-8-13-31(14-9-27)62-40(59)16-18-60-19-17-43-41(61)44-29-11-6-28(7-12-29)20-30(45(22-35(49)50)23-36(51)52)21-46(24-37(53)54)32-4-2-3-5-33(32)47(25-38(55)56)26-39(57)58/h6-9,11-14,30,32-33H,2-5,10,15-26H2,1H3,(H,42,48)(H,49,50)(H,51,52)(H,53,54)(H,55,56)(H,57,58)(H2,43,44,61)/t30-,32+,33+/m1/s1. The van der Waals surface area contributed by atoms with Crippen LogP contribution in [0.2, 0.25) is 0 Å². The molecule has 8 N–H and O–H groups in total. The number of carbonyl (C=O) groups is 7. The number of rotatable bonds is 28. The smallest absolute Gasteiger partial charge is 0.317 e. The van der Waals surface area contributed by atoms with Crippen molar-refractivity contribution in [3.8, 4) is 0 Å². The van der Waals surface area contributed by atoms with Crippen LogP contribution in [-0.4, -0.2) is 170 Å². The van der Waals surface area contributed by atoms with Gasteiger partial charge in [0.05, 0.1) is 45.9 Å². The van der Waals surface area contributed by atoms with E-state index in [-0.39, 0.29) is 43.6 Å². The van der Waals surface area contributed by atoms with Gasteiger partial charge in [0.1, 0.15) is 0 Å². The van der Waals surface area contributed by atoms with Gasteiger partial charge in [0.15, 0.2) is 10.2 Å². The third kappa shape index (κ3) is 19.7. The van der Waals surface area contributed by atoms with Crippen LogP contribution in [0.3, 0.4) is 0 Å². The highest BCUT2D eigenvalue weighted by molar-refractivity contribution is 8.13. The number of thioether (sulfide) groups is 1. The Morgan fingerprint density at radius 2 is 1.26 bits per heavy atom. The van der Waals surface area contributed by atoms with Crippen LogP contribution in [0.1, 0.15) is 49.7 Å². The first-order valence-corrected chi connectivity index (χ1v) is 21.3.